The summed E-state index contributed by atoms with van der Waals surface area (Å²) in [4.78, 5) is 0. The zero-order chi connectivity index (χ0) is 9.14. The summed E-state index contributed by atoms with van der Waals surface area (Å²) in [5.74, 6) is 0.619. The lowest BCUT2D eigenvalue weighted by atomic mass is 10.0. The first-order valence-electron chi connectivity index (χ1n) is 3.65. The van der Waals surface area contributed by atoms with Crippen LogP contribution in [0.25, 0.3) is 0 Å². The molecular weight excluding hydrogens is 153 g/mol. The summed E-state index contributed by atoms with van der Waals surface area (Å²) in [7, 11) is 0. The molecule has 0 aliphatic rings. The van der Waals surface area contributed by atoms with Gasteiger partial charge >= 0.3 is 0 Å². The van der Waals surface area contributed by atoms with Crippen LogP contribution in [0.2, 0.25) is 0 Å². The molecule has 0 aliphatic carbocycles. The maximum atomic E-state index is 12.8. The fourth-order valence-corrected chi connectivity index (χ4v) is 0.922. The van der Waals surface area contributed by atoms with Gasteiger partial charge in [-0.05, 0) is 23.6 Å². The van der Waals surface area contributed by atoms with Crippen LogP contribution in [0, 0.1) is 23.1 Å². The van der Waals surface area contributed by atoms with E-state index in [0.717, 1.165) is 11.5 Å². The van der Waals surface area contributed by atoms with Crippen molar-refractivity contribution in [3.8, 4) is 6.07 Å². The van der Waals surface area contributed by atoms with Gasteiger partial charge in [0.15, 0.2) is 0 Å². The standard InChI is InChI=1S/C10H9FN/c1-7(2)8-3-4-10(11)9(5-8)6-12/h3-5H,1-2H3. The molecule has 0 saturated carbocycles. The van der Waals surface area contributed by atoms with Crippen LogP contribution in [0.1, 0.15) is 25.0 Å². The highest BCUT2D eigenvalue weighted by Gasteiger charge is 2.04. The average Bonchev–Trinajstić information content (AvgIpc) is 2.05. The Morgan fingerprint density at radius 1 is 1.42 bits per heavy atom. The summed E-state index contributed by atoms with van der Waals surface area (Å²) in [6, 6.07) is 6.35. The van der Waals surface area contributed by atoms with Gasteiger partial charge < -0.3 is 0 Å². The third-order valence-electron chi connectivity index (χ3n) is 1.66. The highest BCUT2D eigenvalue weighted by atomic mass is 19.1. The van der Waals surface area contributed by atoms with Crippen LogP contribution in [0.4, 0.5) is 4.39 Å². The Hall–Kier alpha value is -1.36. The van der Waals surface area contributed by atoms with Crippen molar-refractivity contribution in [2.24, 2.45) is 0 Å². The lowest BCUT2D eigenvalue weighted by Gasteiger charge is -2.04. The molecule has 1 rings (SSSR count). The maximum Gasteiger partial charge on any atom is 0.140 e. The lowest BCUT2D eigenvalue weighted by molar-refractivity contribution is 0.623. The summed E-state index contributed by atoms with van der Waals surface area (Å²) < 4.78 is 12.8. The van der Waals surface area contributed by atoms with Gasteiger partial charge in [-0.15, -0.1) is 0 Å². The van der Waals surface area contributed by atoms with Crippen LogP contribution in [-0.4, -0.2) is 0 Å². The van der Waals surface area contributed by atoms with Gasteiger partial charge in [0, 0.05) is 0 Å². The van der Waals surface area contributed by atoms with E-state index in [-0.39, 0.29) is 5.56 Å². The van der Waals surface area contributed by atoms with Crippen molar-refractivity contribution in [1.82, 2.24) is 0 Å². The van der Waals surface area contributed by atoms with Crippen LogP contribution in [0.5, 0.6) is 0 Å². The Kier molecular flexibility index (Phi) is 2.44. The first-order chi connectivity index (χ1) is 5.65. The normalized spacial score (nSPS) is 9.92. The number of benzene rings is 1. The SMILES string of the molecule is C[C](C)c1ccc(F)c(C#N)c1. The van der Waals surface area contributed by atoms with E-state index < -0.39 is 5.82 Å². The van der Waals surface area contributed by atoms with Crippen molar-refractivity contribution in [3.05, 3.63) is 41.1 Å². The first kappa shape index (κ1) is 8.73. The third-order valence-corrected chi connectivity index (χ3v) is 1.66. The predicted octanol–water partition coefficient (Wildman–Crippen LogP) is 2.66. The van der Waals surface area contributed by atoms with Gasteiger partial charge in [0.25, 0.3) is 0 Å². The molecule has 0 fully saturated rings. The van der Waals surface area contributed by atoms with Crippen molar-refractivity contribution in [3.63, 3.8) is 0 Å². The van der Waals surface area contributed by atoms with E-state index >= 15 is 0 Å². The molecule has 0 atom stereocenters. The van der Waals surface area contributed by atoms with Crippen molar-refractivity contribution < 1.29 is 4.39 Å². The van der Waals surface area contributed by atoms with E-state index in [1.54, 1.807) is 18.2 Å². The van der Waals surface area contributed by atoms with Gasteiger partial charge in [-0.25, -0.2) is 4.39 Å². The van der Waals surface area contributed by atoms with Crippen LogP contribution in [-0.2, 0) is 0 Å². The van der Waals surface area contributed by atoms with Crippen LogP contribution >= 0.6 is 0 Å². The van der Waals surface area contributed by atoms with Crippen molar-refractivity contribution >= 4 is 0 Å². The molecular formula is C10H9FN. The minimum Gasteiger partial charge on any atom is -0.206 e. The number of halogens is 1. The van der Waals surface area contributed by atoms with E-state index in [1.165, 1.54) is 6.07 Å². The topological polar surface area (TPSA) is 23.8 Å². The molecule has 0 aliphatic heterocycles. The number of nitrogens with zero attached hydrogens (tertiary/aromatic N) is 1. The average molecular weight is 162 g/mol. The molecule has 0 spiro atoms. The molecule has 12 heavy (non-hydrogen) atoms. The minimum atomic E-state index is -0.456. The van der Waals surface area contributed by atoms with Gasteiger partial charge in [0.2, 0.25) is 0 Å². The van der Waals surface area contributed by atoms with E-state index in [4.69, 9.17) is 5.26 Å². The zero-order valence-corrected chi connectivity index (χ0v) is 7.06. The van der Waals surface area contributed by atoms with E-state index in [1.807, 2.05) is 13.8 Å². The molecule has 61 valence electrons. The van der Waals surface area contributed by atoms with Gasteiger partial charge in [-0.1, -0.05) is 19.9 Å². The molecule has 0 bridgehead atoms. The van der Waals surface area contributed by atoms with Crippen molar-refractivity contribution in [2.45, 2.75) is 13.8 Å². The van der Waals surface area contributed by atoms with Gasteiger partial charge in [0.1, 0.15) is 11.9 Å². The van der Waals surface area contributed by atoms with Gasteiger partial charge in [-0.3, -0.25) is 0 Å². The molecule has 1 aromatic carbocycles. The minimum absolute atomic E-state index is 0.105. The number of hydrogen-bond acceptors (Lipinski definition) is 1. The smallest absolute Gasteiger partial charge is 0.140 e. The monoisotopic (exact) mass is 162 g/mol. The summed E-state index contributed by atoms with van der Waals surface area (Å²) in [6.07, 6.45) is 0. The second-order valence-corrected chi connectivity index (χ2v) is 2.81. The molecule has 0 N–H and O–H groups in total. The van der Waals surface area contributed by atoms with Crippen LogP contribution in [0.3, 0.4) is 0 Å². The summed E-state index contributed by atoms with van der Waals surface area (Å²) in [5.41, 5.74) is 1.02. The quantitative estimate of drug-likeness (QED) is 0.622. The van der Waals surface area contributed by atoms with E-state index in [9.17, 15) is 4.39 Å². The summed E-state index contributed by atoms with van der Waals surface area (Å²) >= 11 is 0. The molecule has 0 unspecified atom stereocenters. The number of hydrogen-bond donors (Lipinski definition) is 0. The molecule has 0 amide bonds. The second kappa shape index (κ2) is 3.36. The molecule has 1 nitrogen and oxygen atoms in total. The Labute approximate surface area is 71.4 Å². The molecule has 0 heterocycles. The fraction of sp³-hybridized carbons (Fsp3) is 0.200. The predicted molar refractivity (Wildman–Crippen MR) is 44.8 cm³/mol. The highest BCUT2D eigenvalue weighted by molar-refractivity contribution is 5.39. The third kappa shape index (κ3) is 1.62. The Morgan fingerprint density at radius 2 is 2.08 bits per heavy atom. The van der Waals surface area contributed by atoms with E-state index in [0.29, 0.717) is 0 Å². The zero-order valence-electron chi connectivity index (χ0n) is 7.06. The first-order valence-corrected chi connectivity index (χ1v) is 3.65. The summed E-state index contributed by atoms with van der Waals surface area (Å²) in [6.45, 7) is 3.85. The summed E-state index contributed by atoms with van der Waals surface area (Å²) in [5, 5.41) is 8.53. The largest absolute Gasteiger partial charge is 0.206 e. The van der Waals surface area contributed by atoms with Gasteiger partial charge in [0.05, 0.1) is 5.56 Å². The Bertz CT molecular complexity index is 323. The van der Waals surface area contributed by atoms with Crippen LogP contribution < -0.4 is 0 Å². The van der Waals surface area contributed by atoms with Crippen molar-refractivity contribution in [1.29, 1.82) is 5.26 Å². The van der Waals surface area contributed by atoms with Gasteiger partial charge in [-0.2, -0.15) is 5.26 Å². The fourth-order valence-electron chi connectivity index (χ4n) is 0.922. The molecule has 0 aromatic heterocycles. The molecule has 0 saturated heterocycles. The Balaban J connectivity index is 3.16. The molecule has 1 aromatic rings. The maximum absolute atomic E-state index is 12.8. The number of rotatable bonds is 1. The molecule has 2 heteroatoms. The molecule has 1 radical (unpaired) electrons. The highest BCUT2D eigenvalue weighted by Crippen LogP contribution is 2.16. The van der Waals surface area contributed by atoms with E-state index in [2.05, 4.69) is 0 Å². The van der Waals surface area contributed by atoms with Crippen LogP contribution in [0.15, 0.2) is 18.2 Å². The van der Waals surface area contributed by atoms with Crippen molar-refractivity contribution in [2.75, 3.05) is 0 Å². The Morgan fingerprint density at radius 3 is 2.58 bits per heavy atom. The lowest BCUT2D eigenvalue weighted by Crippen LogP contribution is -1.91. The number of nitriles is 1. The second-order valence-electron chi connectivity index (χ2n) is 2.81.